The lowest BCUT2D eigenvalue weighted by Gasteiger charge is -2.16. The number of amides is 1. The maximum atomic E-state index is 13.0. The molecule has 1 amide bonds. The van der Waals surface area contributed by atoms with E-state index in [1.807, 2.05) is 24.3 Å². The molecule has 1 atom stereocenters. The van der Waals surface area contributed by atoms with Crippen LogP contribution in [0.3, 0.4) is 0 Å². The van der Waals surface area contributed by atoms with Gasteiger partial charge in [-0.05, 0) is 41.8 Å². The lowest BCUT2D eigenvalue weighted by molar-refractivity contribution is -0.126. The Balaban J connectivity index is 1.67. The quantitative estimate of drug-likeness (QED) is 0.758. The van der Waals surface area contributed by atoms with Crippen molar-refractivity contribution >= 4 is 34.2 Å². The number of thioether (sulfide) groups is 1. The maximum absolute atomic E-state index is 13.0. The smallest absolute Gasteiger partial charge is 0.242 e. The molecule has 0 aliphatic carbocycles. The summed E-state index contributed by atoms with van der Waals surface area (Å²) in [4.78, 5) is 14.3. The van der Waals surface area contributed by atoms with E-state index in [1.54, 1.807) is 24.1 Å². The molecule has 0 unspecified atom stereocenters. The monoisotopic (exact) mass is 361 g/mol. The number of rotatable bonds is 5. The van der Waals surface area contributed by atoms with E-state index in [0.29, 0.717) is 17.3 Å². The number of thiocarbonyl (C=S) groups is 1. The number of halogens is 1. The van der Waals surface area contributed by atoms with Gasteiger partial charge in [0, 0.05) is 0 Å². The largest absolute Gasteiger partial charge is 0.497 e. The van der Waals surface area contributed by atoms with Crippen molar-refractivity contribution in [2.24, 2.45) is 0 Å². The lowest BCUT2D eigenvalue weighted by Crippen LogP contribution is -2.31. The Hall–Kier alpha value is -1.92. The molecule has 1 heterocycles. The highest BCUT2D eigenvalue weighted by atomic mass is 32.2. The van der Waals surface area contributed by atoms with Crippen LogP contribution in [0.4, 0.5) is 4.39 Å². The van der Waals surface area contributed by atoms with E-state index < -0.39 is 0 Å². The molecule has 2 aromatic carbocycles. The SMILES string of the molecule is COc1ccc(CN2C(=O)[C@@H](Cc3ccc(F)cc3)SC2=S)cc1. The zero-order valence-corrected chi connectivity index (χ0v) is 14.7. The normalized spacial score (nSPS) is 17.4. The van der Waals surface area contributed by atoms with Crippen molar-refractivity contribution in [3.05, 3.63) is 65.5 Å². The molecule has 2 aromatic rings. The molecule has 1 saturated heterocycles. The van der Waals surface area contributed by atoms with Gasteiger partial charge in [-0.3, -0.25) is 9.69 Å². The predicted octanol–water partition coefficient (Wildman–Crippen LogP) is 3.81. The number of hydrogen-bond donors (Lipinski definition) is 0. The molecule has 6 heteroatoms. The van der Waals surface area contributed by atoms with Crippen LogP contribution in [0.15, 0.2) is 48.5 Å². The zero-order valence-electron chi connectivity index (χ0n) is 13.1. The van der Waals surface area contributed by atoms with Gasteiger partial charge in [-0.2, -0.15) is 0 Å². The average Bonchev–Trinajstić information content (AvgIpc) is 2.85. The highest BCUT2D eigenvalue weighted by Crippen LogP contribution is 2.31. The summed E-state index contributed by atoms with van der Waals surface area (Å²) >= 11 is 6.76. The highest BCUT2D eigenvalue weighted by molar-refractivity contribution is 8.24. The lowest BCUT2D eigenvalue weighted by atomic mass is 10.1. The number of carbonyl (C=O) groups excluding carboxylic acids is 1. The summed E-state index contributed by atoms with van der Waals surface area (Å²) in [5.41, 5.74) is 1.92. The number of ether oxygens (including phenoxy) is 1. The van der Waals surface area contributed by atoms with Gasteiger partial charge < -0.3 is 4.74 Å². The highest BCUT2D eigenvalue weighted by Gasteiger charge is 2.36. The average molecular weight is 361 g/mol. The molecular weight excluding hydrogens is 345 g/mol. The van der Waals surface area contributed by atoms with Gasteiger partial charge in [0.25, 0.3) is 0 Å². The maximum Gasteiger partial charge on any atom is 0.242 e. The molecule has 0 radical (unpaired) electrons. The summed E-state index contributed by atoms with van der Waals surface area (Å²) < 4.78 is 18.7. The van der Waals surface area contributed by atoms with Crippen LogP contribution in [0.25, 0.3) is 0 Å². The fraction of sp³-hybridized carbons (Fsp3) is 0.222. The summed E-state index contributed by atoms with van der Waals surface area (Å²) in [7, 11) is 1.62. The fourth-order valence-electron chi connectivity index (χ4n) is 2.52. The molecule has 0 aromatic heterocycles. The van der Waals surface area contributed by atoms with E-state index in [9.17, 15) is 9.18 Å². The van der Waals surface area contributed by atoms with Gasteiger partial charge >= 0.3 is 0 Å². The van der Waals surface area contributed by atoms with E-state index in [-0.39, 0.29) is 17.0 Å². The van der Waals surface area contributed by atoms with Gasteiger partial charge in [0.05, 0.1) is 18.9 Å². The van der Waals surface area contributed by atoms with E-state index in [4.69, 9.17) is 17.0 Å². The predicted molar refractivity (Wildman–Crippen MR) is 97.6 cm³/mol. The van der Waals surface area contributed by atoms with Crippen LogP contribution in [-0.4, -0.2) is 27.5 Å². The van der Waals surface area contributed by atoms with Gasteiger partial charge in [-0.25, -0.2) is 4.39 Å². The van der Waals surface area contributed by atoms with Crippen molar-refractivity contribution in [3.8, 4) is 5.75 Å². The molecule has 1 aliphatic heterocycles. The minimum atomic E-state index is -0.277. The Bertz CT molecular complexity index is 747. The van der Waals surface area contributed by atoms with Crippen LogP contribution in [0.1, 0.15) is 11.1 Å². The first kappa shape index (κ1) is 16.9. The van der Waals surface area contributed by atoms with Crippen LogP contribution in [-0.2, 0) is 17.8 Å². The van der Waals surface area contributed by atoms with E-state index in [0.717, 1.165) is 16.9 Å². The summed E-state index contributed by atoms with van der Waals surface area (Å²) in [5.74, 6) is 0.503. The van der Waals surface area contributed by atoms with Gasteiger partial charge in [0.15, 0.2) is 0 Å². The topological polar surface area (TPSA) is 29.5 Å². The molecular formula is C18H16FNO2S2. The Morgan fingerprint density at radius 1 is 1.12 bits per heavy atom. The molecule has 124 valence electrons. The Morgan fingerprint density at radius 3 is 2.38 bits per heavy atom. The Morgan fingerprint density at radius 2 is 1.75 bits per heavy atom. The van der Waals surface area contributed by atoms with Crippen molar-refractivity contribution in [3.63, 3.8) is 0 Å². The number of carbonyl (C=O) groups is 1. The number of nitrogens with zero attached hydrogens (tertiary/aromatic N) is 1. The van der Waals surface area contributed by atoms with E-state index in [1.165, 1.54) is 23.9 Å². The second-order valence-corrected chi connectivity index (χ2v) is 7.31. The molecule has 1 aliphatic rings. The third-order valence-corrected chi connectivity index (χ3v) is 5.42. The summed E-state index contributed by atoms with van der Waals surface area (Å²) in [5, 5.41) is -0.249. The minimum absolute atomic E-state index is 0.00476. The molecule has 3 nitrogen and oxygen atoms in total. The molecule has 3 rings (SSSR count). The molecule has 0 N–H and O–H groups in total. The molecule has 1 fully saturated rings. The van der Waals surface area contributed by atoms with Gasteiger partial charge in [-0.15, -0.1) is 0 Å². The van der Waals surface area contributed by atoms with E-state index >= 15 is 0 Å². The van der Waals surface area contributed by atoms with Crippen molar-refractivity contribution in [2.75, 3.05) is 7.11 Å². The zero-order chi connectivity index (χ0) is 17.1. The fourth-order valence-corrected chi connectivity index (χ4v) is 4.05. The van der Waals surface area contributed by atoms with Crippen LogP contribution in [0.2, 0.25) is 0 Å². The summed E-state index contributed by atoms with van der Waals surface area (Å²) in [6.07, 6.45) is 0.545. The van der Waals surface area contributed by atoms with Crippen molar-refractivity contribution < 1.29 is 13.9 Å². The summed E-state index contributed by atoms with van der Waals surface area (Å²) in [6, 6.07) is 13.8. The standard InChI is InChI=1S/C18H16FNO2S2/c1-22-15-8-4-13(5-9-15)11-20-17(21)16(24-18(20)23)10-12-2-6-14(19)7-3-12/h2-9,16H,10-11H2,1H3/t16-/m1/s1. The van der Waals surface area contributed by atoms with Crippen LogP contribution in [0.5, 0.6) is 5.75 Å². The summed E-state index contributed by atoms with van der Waals surface area (Å²) in [6.45, 7) is 0.453. The van der Waals surface area contributed by atoms with Gasteiger partial charge in [0.2, 0.25) is 5.91 Å². The minimum Gasteiger partial charge on any atom is -0.497 e. The van der Waals surface area contributed by atoms with Crippen molar-refractivity contribution in [2.45, 2.75) is 18.2 Å². The molecule has 0 bridgehead atoms. The van der Waals surface area contributed by atoms with Gasteiger partial charge in [-0.1, -0.05) is 48.2 Å². The van der Waals surface area contributed by atoms with Crippen LogP contribution in [0, 0.1) is 5.82 Å². The number of hydrogen-bond acceptors (Lipinski definition) is 4. The first-order valence-corrected chi connectivity index (χ1v) is 8.75. The number of methoxy groups -OCH3 is 1. The van der Waals surface area contributed by atoms with Crippen LogP contribution >= 0.6 is 24.0 Å². The van der Waals surface area contributed by atoms with E-state index in [2.05, 4.69) is 0 Å². The van der Waals surface area contributed by atoms with Crippen molar-refractivity contribution in [1.82, 2.24) is 4.90 Å². The van der Waals surface area contributed by atoms with Crippen molar-refractivity contribution in [1.29, 1.82) is 0 Å². The number of benzene rings is 2. The molecule has 0 saturated carbocycles. The molecule has 0 spiro atoms. The first-order chi connectivity index (χ1) is 11.6. The Kier molecular flexibility index (Phi) is 5.16. The first-order valence-electron chi connectivity index (χ1n) is 7.46. The van der Waals surface area contributed by atoms with Crippen LogP contribution < -0.4 is 4.74 Å². The van der Waals surface area contributed by atoms with Gasteiger partial charge in [0.1, 0.15) is 15.9 Å². The second-order valence-electron chi connectivity index (χ2n) is 5.48. The Labute approximate surface area is 149 Å². The molecule has 24 heavy (non-hydrogen) atoms. The third kappa shape index (κ3) is 3.76. The second kappa shape index (κ2) is 7.32. The third-order valence-electron chi connectivity index (χ3n) is 3.84.